The Kier molecular flexibility index (Phi) is 3.38. The molecule has 0 radical (unpaired) electrons. The van der Waals surface area contributed by atoms with Gasteiger partial charge in [0.25, 0.3) is 0 Å². The highest BCUT2D eigenvalue weighted by atomic mass is 35.5. The molecule has 0 saturated carbocycles. The van der Waals surface area contributed by atoms with E-state index in [-0.39, 0.29) is 30.6 Å². The first-order chi connectivity index (χ1) is 6.36. The summed E-state index contributed by atoms with van der Waals surface area (Å²) >= 11 is 0. The molecule has 15 heavy (non-hydrogen) atoms. The maximum absolute atomic E-state index is 11.5. The van der Waals surface area contributed by atoms with E-state index in [1.807, 2.05) is 24.3 Å². The van der Waals surface area contributed by atoms with E-state index in [0.29, 0.717) is 6.42 Å². The number of rotatable bonds is 0. The summed E-state index contributed by atoms with van der Waals surface area (Å²) in [7, 11) is 0. The molecule has 0 saturated heterocycles. The number of Topliss-reactive ketones (excluding diaryl/α,β-unsaturated/α-hetero) is 1. The fourth-order valence-corrected chi connectivity index (χ4v) is 2.07. The van der Waals surface area contributed by atoms with Crippen molar-refractivity contribution in [3.63, 3.8) is 0 Å². The largest absolute Gasteiger partial charge is 0.294 e. The molecule has 1 aliphatic rings. The van der Waals surface area contributed by atoms with Crippen molar-refractivity contribution in [1.82, 2.24) is 0 Å². The van der Waals surface area contributed by atoms with Gasteiger partial charge < -0.3 is 0 Å². The minimum Gasteiger partial charge on any atom is -0.294 e. The van der Waals surface area contributed by atoms with Crippen LogP contribution in [0.5, 0.6) is 0 Å². The predicted molar refractivity (Wildman–Crippen MR) is 66.5 cm³/mol. The molecule has 0 spiro atoms. The molecular formula is C12H10Cl2O. The van der Waals surface area contributed by atoms with Crippen LogP contribution in [-0.2, 0) is 6.42 Å². The monoisotopic (exact) mass is 240 g/mol. The van der Waals surface area contributed by atoms with Crippen LogP contribution in [0.3, 0.4) is 0 Å². The number of halogens is 2. The topological polar surface area (TPSA) is 17.1 Å². The fourth-order valence-electron chi connectivity index (χ4n) is 2.07. The molecule has 0 atom stereocenters. The highest BCUT2D eigenvalue weighted by Gasteiger charge is 2.20. The molecule has 0 fully saturated rings. The van der Waals surface area contributed by atoms with Gasteiger partial charge in [-0.1, -0.05) is 36.4 Å². The van der Waals surface area contributed by atoms with E-state index in [4.69, 9.17) is 0 Å². The first-order valence-corrected chi connectivity index (χ1v) is 4.40. The van der Waals surface area contributed by atoms with Gasteiger partial charge in [0.15, 0.2) is 5.78 Å². The van der Waals surface area contributed by atoms with Crippen molar-refractivity contribution in [1.29, 1.82) is 0 Å². The van der Waals surface area contributed by atoms with Crippen LogP contribution in [0.15, 0.2) is 36.4 Å². The number of hydrogen-bond donors (Lipinski definition) is 0. The highest BCUT2D eigenvalue weighted by molar-refractivity contribution is 6.15. The zero-order chi connectivity index (χ0) is 8.84. The summed E-state index contributed by atoms with van der Waals surface area (Å²) in [6.45, 7) is 0. The van der Waals surface area contributed by atoms with Gasteiger partial charge >= 0.3 is 0 Å². The Morgan fingerprint density at radius 2 is 1.60 bits per heavy atom. The molecule has 3 rings (SSSR count). The van der Waals surface area contributed by atoms with Crippen LogP contribution < -0.4 is 0 Å². The molecule has 1 aliphatic carbocycles. The highest BCUT2D eigenvalue weighted by Crippen LogP contribution is 2.29. The number of carbonyl (C=O) groups is 1. The Morgan fingerprint density at radius 3 is 2.33 bits per heavy atom. The smallest absolute Gasteiger partial charge is 0.167 e. The van der Waals surface area contributed by atoms with Crippen LogP contribution in [-0.4, -0.2) is 5.78 Å². The summed E-state index contributed by atoms with van der Waals surface area (Å²) in [6, 6.07) is 12.0. The normalized spacial score (nSPS) is 12.1. The molecule has 0 aliphatic heterocycles. The van der Waals surface area contributed by atoms with Gasteiger partial charge in [-0.2, -0.15) is 0 Å². The minimum absolute atomic E-state index is 0. The Balaban J connectivity index is 0.000000562. The molecule has 2 aromatic carbocycles. The summed E-state index contributed by atoms with van der Waals surface area (Å²) < 4.78 is 0. The molecule has 0 amide bonds. The van der Waals surface area contributed by atoms with Crippen molar-refractivity contribution in [2.45, 2.75) is 6.42 Å². The van der Waals surface area contributed by atoms with Crippen LogP contribution in [0.2, 0.25) is 0 Å². The Morgan fingerprint density at radius 1 is 0.933 bits per heavy atom. The third-order valence-electron chi connectivity index (χ3n) is 2.64. The van der Waals surface area contributed by atoms with Crippen molar-refractivity contribution in [2.24, 2.45) is 0 Å². The van der Waals surface area contributed by atoms with Crippen molar-refractivity contribution < 1.29 is 4.79 Å². The summed E-state index contributed by atoms with van der Waals surface area (Å²) in [6.07, 6.45) is 0.580. The van der Waals surface area contributed by atoms with E-state index in [9.17, 15) is 4.79 Å². The zero-order valence-corrected chi connectivity index (χ0v) is 9.53. The summed E-state index contributed by atoms with van der Waals surface area (Å²) in [5.41, 5.74) is 2.08. The number of carbonyl (C=O) groups excluding carboxylic acids is 1. The third kappa shape index (κ3) is 1.62. The standard InChI is InChI=1S/C12H8O.2ClH/c13-11-7-9-5-1-3-8-4-2-6-10(11)12(8)9;;/h1-6H,7H2;2*1H. The number of ketones is 1. The molecule has 0 N–H and O–H groups in total. The molecule has 2 aromatic rings. The average Bonchev–Trinajstić information content (AvgIpc) is 2.47. The fraction of sp³-hybridized carbons (Fsp3) is 0.0833. The summed E-state index contributed by atoms with van der Waals surface area (Å²) in [4.78, 5) is 11.5. The molecule has 0 unspecified atom stereocenters. The second-order valence-electron chi connectivity index (χ2n) is 3.42. The van der Waals surface area contributed by atoms with E-state index >= 15 is 0 Å². The molecule has 3 heteroatoms. The van der Waals surface area contributed by atoms with Crippen molar-refractivity contribution >= 4 is 41.4 Å². The maximum Gasteiger partial charge on any atom is 0.167 e. The van der Waals surface area contributed by atoms with Gasteiger partial charge in [0.1, 0.15) is 0 Å². The summed E-state index contributed by atoms with van der Waals surface area (Å²) in [5, 5.41) is 2.34. The second-order valence-corrected chi connectivity index (χ2v) is 3.42. The Hall–Kier alpha value is -1.05. The predicted octanol–water partition coefficient (Wildman–Crippen LogP) is 3.42. The number of hydrogen-bond acceptors (Lipinski definition) is 1. The van der Waals surface area contributed by atoms with E-state index < -0.39 is 0 Å². The van der Waals surface area contributed by atoms with Gasteiger partial charge in [-0.25, -0.2) is 0 Å². The zero-order valence-electron chi connectivity index (χ0n) is 7.90. The molecular weight excluding hydrogens is 231 g/mol. The first-order valence-electron chi connectivity index (χ1n) is 4.40. The molecule has 1 nitrogen and oxygen atoms in total. The Bertz CT molecular complexity index is 515. The van der Waals surface area contributed by atoms with E-state index in [1.54, 1.807) is 0 Å². The SMILES string of the molecule is Cl.Cl.O=C1Cc2cccc3cccc1c23. The van der Waals surface area contributed by atoms with Crippen LogP contribution in [0.1, 0.15) is 15.9 Å². The van der Waals surface area contributed by atoms with Crippen molar-refractivity contribution in [2.75, 3.05) is 0 Å². The van der Waals surface area contributed by atoms with Gasteiger partial charge in [-0.15, -0.1) is 24.8 Å². The second kappa shape index (κ2) is 4.21. The lowest BCUT2D eigenvalue weighted by Crippen LogP contribution is -1.92. The van der Waals surface area contributed by atoms with Crippen LogP contribution in [0, 0.1) is 0 Å². The summed E-state index contributed by atoms with van der Waals surface area (Å²) in [5.74, 6) is 0.256. The third-order valence-corrected chi connectivity index (χ3v) is 2.64. The lowest BCUT2D eigenvalue weighted by molar-refractivity contribution is 0.1000. The van der Waals surface area contributed by atoms with Crippen molar-refractivity contribution in [3.05, 3.63) is 47.5 Å². The van der Waals surface area contributed by atoms with Gasteiger partial charge in [-0.05, 0) is 16.3 Å². The van der Waals surface area contributed by atoms with Gasteiger partial charge in [0, 0.05) is 12.0 Å². The van der Waals surface area contributed by atoms with Crippen LogP contribution in [0.4, 0.5) is 0 Å². The molecule has 0 bridgehead atoms. The average molecular weight is 241 g/mol. The van der Waals surface area contributed by atoms with Crippen LogP contribution in [0.25, 0.3) is 10.8 Å². The molecule has 0 aromatic heterocycles. The molecule has 78 valence electrons. The van der Waals surface area contributed by atoms with Gasteiger partial charge in [0.05, 0.1) is 0 Å². The molecule has 0 heterocycles. The van der Waals surface area contributed by atoms with Crippen molar-refractivity contribution in [3.8, 4) is 0 Å². The van der Waals surface area contributed by atoms with Gasteiger partial charge in [0.2, 0.25) is 0 Å². The quantitative estimate of drug-likeness (QED) is 0.690. The number of benzene rings is 2. The first kappa shape index (κ1) is 12.0. The van der Waals surface area contributed by atoms with E-state index in [2.05, 4.69) is 12.1 Å². The lowest BCUT2D eigenvalue weighted by atomic mass is 10.1. The Labute approximate surface area is 100 Å². The van der Waals surface area contributed by atoms with E-state index in [1.165, 1.54) is 10.9 Å². The van der Waals surface area contributed by atoms with E-state index in [0.717, 1.165) is 10.9 Å². The van der Waals surface area contributed by atoms with Crippen LogP contribution >= 0.6 is 24.8 Å². The lowest BCUT2D eigenvalue weighted by Gasteiger charge is -1.98. The van der Waals surface area contributed by atoms with Gasteiger partial charge in [-0.3, -0.25) is 4.79 Å². The maximum atomic E-state index is 11.5. The minimum atomic E-state index is 0.